The number of hydrogen-bond donors (Lipinski definition) is 1. The minimum absolute atomic E-state index is 0.780. The van der Waals surface area contributed by atoms with Crippen molar-refractivity contribution in [2.45, 2.75) is 19.3 Å². The topological polar surface area (TPSA) is 12.0 Å². The molecular formula is C11H13BrClN. The molecule has 1 aromatic rings. The summed E-state index contributed by atoms with van der Waals surface area (Å²) < 4.78 is 1.08. The van der Waals surface area contributed by atoms with Crippen LogP contribution in [0.3, 0.4) is 0 Å². The summed E-state index contributed by atoms with van der Waals surface area (Å²) in [5, 5.41) is 4.17. The first kappa shape index (κ1) is 10.3. The van der Waals surface area contributed by atoms with E-state index in [4.69, 9.17) is 11.6 Å². The van der Waals surface area contributed by atoms with Crippen LogP contribution in [0.1, 0.15) is 19.3 Å². The Balaban J connectivity index is 1.89. The van der Waals surface area contributed by atoms with E-state index in [2.05, 4.69) is 21.2 Å². The number of nitrogens with one attached hydrogen (secondary N) is 1. The molecule has 1 aliphatic carbocycles. The molecule has 2 rings (SSSR count). The fraction of sp³-hybridized carbons (Fsp3) is 0.455. The summed E-state index contributed by atoms with van der Waals surface area (Å²) in [6, 6.07) is 5.82. The van der Waals surface area contributed by atoms with Gasteiger partial charge in [0.2, 0.25) is 0 Å². The number of rotatable bonds is 4. The molecule has 1 aromatic carbocycles. The highest BCUT2D eigenvalue weighted by Gasteiger charge is 2.20. The van der Waals surface area contributed by atoms with Crippen molar-refractivity contribution in [3.05, 3.63) is 27.7 Å². The predicted octanol–water partition coefficient (Wildman–Crippen LogP) is 4.31. The number of hydrogen-bond acceptors (Lipinski definition) is 1. The van der Waals surface area contributed by atoms with Gasteiger partial charge in [-0.2, -0.15) is 0 Å². The molecule has 0 heterocycles. The lowest BCUT2D eigenvalue weighted by Gasteiger charge is -2.08. The van der Waals surface area contributed by atoms with Crippen molar-refractivity contribution in [2.75, 3.05) is 11.9 Å². The molecule has 76 valence electrons. The fourth-order valence-electron chi connectivity index (χ4n) is 1.45. The van der Waals surface area contributed by atoms with Gasteiger partial charge in [-0.05, 0) is 46.5 Å². The Hall–Kier alpha value is -0.210. The van der Waals surface area contributed by atoms with Crippen LogP contribution in [-0.2, 0) is 0 Å². The van der Waals surface area contributed by atoms with Crippen molar-refractivity contribution in [3.8, 4) is 0 Å². The van der Waals surface area contributed by atoms with E-state index in [0.29, 0.717) is 0 Å². The first-order valence-electron chi connectivity index (χ1n) is 4.94. The molecule has 14 heavy (non-hydrogen) atoms. The first-order valence-corrected chi connectivity index (χ1v) is 6.12. The average Bonchev–Trinajstić information content (AvgIpc) is 2.95. The Morgan fingerprint density at radius 3 is 2.93 bits per heavy atom. The van der Waals surface area contributed by atoms with Crippen LogP contribution in [0.4, 0.5) is 5.69 Å². The van der Waals surface area contributed by atoms with E-state index in [9.17, 15) is 0 Å². The Labute approximate surface area is 98.0 Å². The molecule has 0 amide bonds. The van der Waals surface area contributed by atoms with Crippen LogP contribution in [0.2, 0.25) is 5.02 Å². The van der Waals surface area contributed by atoms with Crippen molar-refractivity contribution < 1.29 is 0 Å². The molecule has 1 aliphatic rings. The molecule has 0 aromatic heterocycles. The predicted molar refractivity (Wildman–Crippen MR) is 65.0 cm³/mol. The summed E-state index contributed by atoms with van der Waals surface area (Å²) in [6.07, 6.45) is 4.11. The highest BCUT2D eigenvalue weighted by atomic mass is 79.9. The van der Waals surface area contributed by atoms with E-state index in [0.717, 1.165) is 27.6 Å². The summed E-state index contributed by atoms with van der Waals surface area (Å²) in [4.78, 5) is 0. The van der Waals surface area contributed by atoms with Gasteiger partial charge in [-0.25, -0.2) is 0 Å². The quantitative estimate of drug-likeness (QED) is 0.862. The maximum absolute atomic E-state index is 5.91. The summed E-state index contributed by atoms with van der Waals surface area (Å²) in [6.45, 7) is 1.05. The normalized spacial score (nSPS) is 15.6. The highest BCUT2D eigenvalue weighted by molar-refractivity contribution is 9.10. The second kappa shape index (κ2) is 4.54. The lowest BCUT2D eigenvalue weighted by molar-refractivity contribution is 0.760. The largest absolute Gasteiger partial charge is 0.384 e. The number of anilines is 1. The molecule has 1 saturated carbocycles. The molecule has 0 aliphatic heterocycles. The van der Waals surface area contributed by atoms with Gasteiger partial charge in [0.1, 0.15) is 0 Å². The van der Waals surface area contributed by atoms with E-state index >= 15 is 0 Å². The standard InChI is InChI=1S/C11H13BrClN/c12-10-4-3-9(13)7-11(10)14-6-5-8-1-2-8/h3-4,7-8,14H,1-2,5-6H2. The summed E-state index contributed by atoms with van der Waals surface area (Å²) in [5.74, 6) is 0.973. The Bertz CT molecular complexity index is 323. The first-order chi connectivity index (χ1) is 6.75. The third-order valence-electron chi connectivity index (χ3n) is 2.49. The Morgan fingerprint density at radius 1 is 1.43 bits per heavy atom. The van der Waals surface area contributed by atoms with Crippen LogP contribution in [-0.4, -0.2) is 6.54 Å². The van der Waals surface area contributed by atoms with Gasteiger partial charge in [-0.1, -0.05) is 24.4 Å². The fourth-order valence-corrected chi connectivity index (χ4v) is 2.01. The van der Waals surface area contributed by atoms with Crippen molar-refractivity contribution in [1.82, 2.24) is 0 Å². The monoisotopic (exact) mass is 273 g/mol. The van der Waals surface area contributed by atoms with Crippen LogP contribution in [0.25, 0.3) is 0 Å². The van der Waals surface area contributed by atoms with E-state index < -0.39 is 0 Å². The summed E-state index contributed by atoms with van der Waals surface area (Å²) in [5.41, 5.74) is 1.10. The molecule has 3 heteroatoms. The van der Waals surface area contributed by atoms with Gasteiger partial charge in [-0.3, -0.25) is 0 Å². The van der Waals surface area contributed by atoms with Gasteiger partial charge >= 0.3 is 0 Å². The summed E-state index contributed by atoms with van der Waals surface area (Å²) >= 11 is 9.40. The van der Waals surface area contributed by atoms with Crippen LogP contribution >= 0.6 is 27.5 Å². The third-order valence-corrected chi connectivity index (χ3v) is 3.42. The van der Waals surface area contributed by atoms with Crippen molar-refractivity contribution in [1.29, 1.82) is 0 Å². The Morgan fingerprint density at radius 2 is 2.21 bits per heavy atom. The Kier molecular flexibility index (Phi) is 3.34. The van der Waals surface area contributed by atoms with Crippen molar-refractivity contribution in [2.24, 2.45) is 5.92 Å². The van der Waals surface area contributed by atoms with Crippen LogP contribution in [0.5, 0.6) is 0 Å². The van der Waals surface area contributed by atoms with E-state index in [1.54, 1.807) is 0 Å². The van der Waals surface area contributed by atoms with Crippen molar-refractivity contribution >= 4 is 33.2 Å². The van der Waals surface area contributed by atoms with Gasteiger partial charge < -0.3 is 5.32 Å². The smallest absolute Gasteiger partial charge is 0.0499 e. The van der Waals surface area contributed by atoms with Gasteiger partial charge in [0.25, 0.3) is 0 Å². The average molecular weight is 275 g/mol. The van der Waals surface area contributed by atoms with Crippen LogP contribution in [0.15, 0.2) is 22.7 Å². The zero-order chi connectivity index (χ0) is 9.97. The second-order valence-electron chi connectivity index (χ2n) is 3.78. The molecule has 0 spiro atoms. The molecule has 1 nitrogen and oxygen atoms in total. The lowest BCUT2D eigenvalue weighted by atomic mass is 10.2. The minimum Gasteiger partial charge on any atom is -0.384 e. The van der Waals surface area contributed by atoms with Gasteiger partial charge in [0.15, 0.2) is 0 Å². The summed E-state index contributed by atoms with van der Waals surface area (Å²) in [7, 11) is 0. The van der Waals surface area contributed by atoms with Crippen LogP contribution < -0.4 is 5.32 Å². The van der Waals surface area contributed by atoms with Crippen molar-refractivity contribution in [3.63, 3.8) is 0 Å². The van der Waals surface area contributed by atoms with Gasteiger partial charge in [0, 0.05) is 21.7 Å². The zero-order valence-electron chi connectivity index (χ0n) is 7.89. The van der Waals surface area contributed by atoms with Gasteiger partial charge in [-0.15, -0.1) is 0 Å². The maximum atomic E-state index is 5.91. The zero-order valence-corrected chi connectivity index (χ0v) is 10.2. The van der Waals surface area contributed by atoms with Gasteiger partial charge in [0.05, 0.1) is 0 Å². The highest BCUT2D eigenvalue weighted by Crippen LogP contribution is 2.32. The molecule has 0 radical (unpaired) electrons. The van der Waals surface area contributed by atoms with E-state index in [1.165, 1.54) is 19.3 Å². The maximum Gasteiger partial charge on any atom is 0.0499 e. The second-order valence-corrected chi connectivity index (χ2v) is 5.07. The minimum atomic E-state index is 0.780. The number of benzene rings is 1. The molecule has 0 saturated heterocycles. The molecule has 1 N–H and O–H groups in total. The lowest BCUT2D eigenvalue weighted by Crippen LogP contribution is -2.02. The number of halogens is 2. The SMILES string of the molecule is Clc1ccc(Br)c(NCCC2CC2)c1. The molecule has 0 bridgehead atoms. The van der Waals surface area contributed by atoms with Crippen LogP contribution in [0, 0.1) is 5.92 Å². The molecule has 1 fully saturated rings. The molecule has 0 unspecified atom stereocenters. The third kappa shape index (κ3) is 2.89. The molecular weight excluding hydrogens is 261 g/mol. The van der Waals surface area contributed by atoms with E-state index in [1.807, 2.05) is 18.2 Å². The van der Waals surface area contributed by atoms with E-state index in [-0.39, 0.29) is 0 Å². The molecule has 0 atom stereocenters.